The molecule has 10 nitrogen and oxygen atoms in total. The van der Waals surface area contributed by atoms with Crippen LogP contribution in [-0.4, -0.2) is 53.2 Å². The third-order valence-corrected chi connectivity index (χ3v) is 4.13. The first-order valence-corrected chi connectivity index (χ1v) is 9.47. The largest absolute Gasteiger partial charge is 0.497 e. The van der Waals surface area contributed by atoms with Crippen LogP contribution in [0.1, 0.15) is 45.8 Å². The Morgan fingerprint density at radius 2 is 1.60 bits per heavy atom. The summed E-state index contributed by atoms with van der Waals surface area (Å²) in [5.74, 6) is -0.121. The summed E-state index contributed by atoms with van der Waals surface area (Å²) in [7, 11) is 1.57. The van der Waals surface area contributed by atoms with E-state index in [4.69, 9.17) is 9.84 Å². The number of carbonyl (C=O) groups excluding carboxylic acids is 2. The Morgan fingerprint density at radius 3 is 2.27 bits per heavy atom. The SMILES string of the molecule is COc1cccc(CNC(=O)c2cc(C(=O)NCCCCCNC(=O)O)ncn2)c1. The van der Waals surface area contributed by atoms with Crippen molar-refractivity contribution in [1.82, 2.24) is 25.9 Å². The van der Waals surface area contributed by atoms with Crippen LogP contribution in [0.2, 0.25) is 0 Å². The number of rotatable bonds is 11. The van der Waals surface area contributed by atoms with Gasteiger partial charge in [-0.1, -0.05) is 12.1 Å². The molecule has 0 spiro atoms. The number of carbonyl (C=O) groups is 3. The minimum atomic E-state index is -1.05. The number of methoxy groups -OCH3 is 1. The zero-order valence-electron chi connectivity index (χ0n) is 16.7. The topological polar surface area (TPSA) is 143 Å². The number of carboxylic acid groups (broad SMARTS) is 1. The van der Waals surface area contributed by atoms with Gasteiger partial charge < -0.3 is 25.8 Å². The van der Waals surface area contributed by atoms with Gasteiger partial charge in [0.2, 0.25) is 0 Å². The van der Waals surface area contributed by atoms with Gasteiger partial charge in [0, 0.05) is 25.7 Å². The Hall–Kier alpha value is -3.69. The van der Waals surface area contributed by atoms with Crippen LogP contribution in [0.5, 0.6) is 5.75 Å². The molecule has 160 valence electrons. The van der Waals surface area contributed by atoms with Crippen molar-refractivity contribution in [2.24, 2.45) is 0 Å². The molecular weight excluding hydrogens is 390 g/mol. The lowest BCUT2D eigenvalue weighted by molar-refractivity contribution is 0.0945. The molecule has 0 saturated heterocycles. The van der Waals surface area contributed by atoms with Crippen LogP contribution in [-0.2, 0) is 6.54 Å². The van der Waals surface area contributed by atoms with E-state index in [9.17, 15) is 14.4 Å². The fourth-order valence-corrected chi connectivity index (χ4v) is 2.58. The van der Waals surface area contributed by atoms with Crippen molar-refractivity contribution < 1.29 is 24.2 Å². The molecule has 30 heavy (non-hydrogen) atoms. The Morgan fingerprint density at radius 1 is 0.933 bits per heavy atom. The molecule has 10 heteroatoms. The van der Waals surface area contributed by atoms with E-state index in [1.165, 1.54) is 12.4 Å². The van der Waals surface area contributed by atoms with E-state index in [1.54, 1.807) is 7.11 Å². The fraction of sp³-hybridized carbons (Fsp3) is 0.350. The lowest BCUT2D eigenvalue weighted by atomic mass is 10.2. The van der Waals surface area contributed by atoms with E-state index < -0.39 is 17.9 Å². The summed E-state index contributed by atoms with van der Waals surface area (Å²) < 4.78 is 5.15. The molecule has 2 aromatic rings. The van der Waals surface area contributed by atoms with Crippen LogP contribution < -0.4 is 20.7 Å². The maximum Gasteiger partial charge on any atom is 0.404 e. The molecule has 0 aliphatic heterocycles. The second-order valence-corrected chi connectivity index (χ2v) is 6.37. The standard InChI is InChI=1S/C20H25N5O5/c1-30-15-7-5-6-14(10-15)12-23-19(27)17-11-16(24-13-25-17)18(26)21-8-3-2-4-9-22-20(28)29/h5-7,10-11,13,22H,2-4,8-9,12H2,1H3,(H,21,26)(H,23,27)(H,28,29). The van der Waals surface area contributed by atoms with Gasteiger partial charge in [0.25, 0.3) is 11.8 Å². The van der Waals surface area contributed by atoms with Gasteiger partial charge in [0.1, 0.15) is 23.5 Å². The van der Waals surface area contributed by atoms with Gasteiger partial charge in [-0.15, -0.1) is 0 Å². The number of ether oxygens (including phenoxy) is 1. The van der Waals surface area contributed by atoms with Gasteiger partial charge in [0.15, 0.2) is 0 Å². The van der Waals surface area contributed by atoms with Crippen LogP contribution in [0.15, 0.2) is 36.7 Å². The molecule has 0 fully saturated rings. The van der Waals surface area contributed by atoms with E-state index in [-0.39, 0.29) is 17.9 Å². The molecule has 0 atom stereocenters. The summed E-state index contributed by atoms with van der Waals surface area (Å²) in [6, 6.07) is 8.66. The van der Waals surface area contributed by atoms with Gasteiger partial charge in [-0.2, -0.15) is 0 Å². The normalized spacial score (nSPS) is 10.2. The van der Waals surface area contributed by atoms with Crippen molar-refractivity contribution in [1.29, 1.82) is 0 Å². The fourth-order valence-electron chi connectivity index (χ4n) is 2.58. The smallest absolute Gasteiger partial charge is 0.404 e. The first-order chi connectivity index (χ1) is 14.5. The van der Waals surface area contributed by atoms with Gasteiger partial charge in [-0.25, -0.2) is 14.8 Å². The highest BCUT2D eigenvalue weighted by Crippen LogP contribution is 2.12. The summed E-state index contributed by atoms with van der Waals surface area (Å²) in [5.41, 5.74) is 1.06. The Kier molecular flexibility index (Phi) is 9.04. The molecule has 2 rings (SSSR count). The molecule has 1 aromatic heterocycles. The maximum absolute atomic E-state index is 12.3. The van der Waals surface area contributed by atoms with Gasteiger partial charge in [0.05, 0.1) is 7.11 Å². The molecule has 0 radical (unpaired) electrons. The second-order valence-electron chi connectivity index (χ2n) is 6.37. The molecule has 0 saturated carbocycles. The lowest BCUT2D eigenvalue weighted by Gasteiger charge is -2.08. The summed E-state index contributed by atoms with van der Waals surface area (Å²) in [4.78, 5) is 42.7. The first-order valence-electron chi connectivity index (χ1n) is 9.47. The zero-order valence-corrected chi connectivity index (χ0v) is 16.7. The average molecular weight is 415 g/mol. The molecule has 0 bridgehead atoms. The molecular formula is C20H25N5O5. The predicted octanol–water partition coefficient (Wildman–Crippen LogP) is 1.58. The van der Waals surface area contributed by atoms with E-state index in [2.05, 4.69) is 25.9 Å². The third kappa shape index (κ3) is 7.74. The van der Waals surface area contributed by atoms with Gasteiger partial charge in [-0.05, 0) is 37.0 Å². The van der Waals surface area contributed by atoms with E-state index in [0.717, 1.165) is 12.0 Å². The highest BCUT2D eigenvalue weighted by molar-refractivity contribution is 5.97. The van der Waals surface area contributed by atoms with E-state index in [0.29, 0.717) is 31.7 Å². The second kappa shape index (κ2) is 12.0. The first kappa shape index (κ1) is 22.6. The number of amides is 3. The molecule has 1 heterocycles. The highest BCUT2D eigenvalue weighted by atomic mass is 16.5. The number of nitrogens with zero attached hydrogens (tertiary/aromatic N) is 2. The minimum Gasteiger partial charge on any atom is -0.497 e. The van der Waals surface area contributed by atoms with Crippen molar-refractivity contribution >= 4 is 17.9 Å². The van der Waals surface area contributed by atoms with Crippen molar-refractivity contribution in [2.45, 2.75) is 25.8 Å². The van der Waals surface area contributed by atoms with Crippen molar-refractivity contribution in [2.75, 3.05) is 20.2 Å². The molecule has 1 aromatic carbocycles. The number of hydrogen-bond donors (Lipinski definition) is 4. The highest BCUT2D eigenvalue weighted by Gasteiger charge is 2.13. The number of benzene rings is 1. The Balaban J connectivity index is 1.79. The molecule has 0 unspecified atom stereocenters. The number of nitrogens with one attached hydrogen (secondary N) is 3. The van der Waals surface area contributed by atoms with Crippen LogP contribution in [0.4, 0.5) is 4.79 Å². The Labute approximate surface area is 174 Å². The minimum absolute atomic E-state index is 0.0952. The Bertz CT molecular complexity index is 874. The van der Waals surface area contributed by atoms with Crippen molar-refractivity contribution in [3.8, 4) is 5.75 Å². The molecule has 0 aliphatic rings. The van der Waals surface area contributed by atoms with E-state index >= 15 is 0 Å². The van der Waals surface area contributed by atoms with Gasteiger partial charge >= 0.3 is 6.09 Å². The predicted molar refractivity (Wildman–Crippen MR) is 108 cm³/mol. The lowest BCUT2D eigenvalue weighted by Crippen LogP contribution is -2.28. The summed E-state index contributed by atoms with van der Waals surface area (Å²) in [5, 5.41) is 16.2. The third-order valence-electron chi connectivity index (χ3n) is 4.13. The van der Waals surface area contributed by atoms with E-state index in [1.807, 2.05) is 24.3 Å². The van der Waals surface area contributed by atoms with Crippen molar-refractivity contribution in [3.05, 3.63) is 53.6 Å². The van der Waals surface area contributed by atoms with Crippen LogP contribution in [0.3, 0.4) is 0 Å². The number of aromatic nitrogens is 2. The summed E-state index contributed by atoms with van der Waals surface area (Å²) >= 11 is 0. The monoisotopic (exact) mass is 415 g/mol. The summed E-state index contributed by atoms with van der Waals surface area (Å²) in [6.45, 7) is 1.09. The van der Waals surface area contributed by atoms with Crippen molar-refractivity contribution in [3.63, 3.8) is 0 Å². The van der Waals surface area contributed by atoms with Crippen LogP contribution in [0, 0.1) is 0 Å². The summed E-state index contributed by atoms with van der Waals surface area (Å²) in [6.07, 6.45) is 2.28. The quantitative estimate of drug-likeness (QED) is 0.408. The number of hydrogen-bond acceptors (Lipinski definition) is 6. The van der Waals surface area contributed by atoms with Gasteiger partial charge in [-0.3, -0.25) is 9.59 Å². The van der Waals surface area contributed by atoms with Crippen LogP contribution in [0.25, 0.3) is 0 Å². The number of unbranched alkanes of at least 4 members (excludes halogenated alkanes) is 2. The zero-order chi connectivity index (χ0) is 21.8. The molecule has 3 amide bonds. The molecule has 4 N–H and O–H groups in total. The maximum atomic E-state index is 12.3. The van der Waals surface area contributed by atoms with Crippen LogP contribution >= 0.6 is 0 Å². The molecule has 0 aliphatic carbocycles. The average Bonchev–Trinajstić information content (AvgIpc) is 2.76.